The van der Waals surface area contributed by atoms with Crippen LogP contribution in [0.15, 0.2) is 54.6 Å². The van der Waals surface area contributed by atoms with Crippen LogP contribution in [0, 0.1) is 0 Å². The number of benzene rings is 2. The SMILES string of the molecule is O=C(Cc1ccccc1)Oc1cccc(C(=O)O)c1. The molecule has 0 aliphatic carbocycles. The van der Waals surface area contributed by atoms with Gasteiger partial charge in [0.25, 0.3) is 0 Å². The molecule has 0 fully saturated rings. The van der Waals surface area contributed by atoms with Crippen molar-refractivity contribution in [2.45, 2.75) is 6.42 Å². The summed E-state index contributed by atoms with van der Waals surface area (Å²) in [7, 11) is 0. The monoisotopic (exact) mass is 256 g/mol. The summed E-state index contributed by atoms with van der Waals surface area (Å²) in [5.41, 5.74) is 0.937. The number of carbonyl (C=O) groups excluding carboxylic acids is 1. The lowest BCUT2D eigenvalue weighted by atomic mass is 10.1. The zero-order chi connectivity index (χ0) is 13.7. The predicted octanol–water partition coefficient (Wildman–Crippen LogP) is 2.53. The normalized spacial score (nSPS) is 9.89. The standard InChI is InChI=1S/C15H12O4/c16-14(9-11-5-2-1-3-6-11)19-13-8-4-7-12(10-13)15(17)18/h1-8,10H,9H2,(H,17,18). The zero-order valence-corrected chi connectivity index (χ0v) is 10.1. The van der Waals surface area contributed by atoms with Gasteiger partial charge in [-0.3, -0.25) is 4.79 Å². The van der Waals surface area contributed by atoms with E-state index >= 15 is 0 Å². The second-order valence-corrected chi connectivity index (χ2v) is 3.97. The van der Waals surface area contributed by atoms with Crippen molar-refractivity contribution in [2.75, 3.05) is 0 Å². The summed E-state index contributed by atoms with van der Waals surface area (Å²) in [5, 5.41) is 8.84. The van der Waals surface area contributed by atoms with Gasteiger partial charge in [-0.15, -0.1) is 0 Å². The molecule has 0 heterocycles. The maximum atomic E-state index is 11.7. The van der Waals surface area contributed by atoms with Crippen LogP contribution in [0.1, 0.15) is 15.9 Å². The first-order valence-electron chi connectivity index (χ1n) is 5.73. The van der Waals surface area contributed by atoms with Crippen LogP contribution in [0.25, 0.3) is 0 Å². The molecular weight excluding hydrogens is 244 g/mol. The molecule has 4 heteroatoms. The second-order valence-electron chi connectivity index (χ2n) is 3.97. The minimum atomic E-state index is -1.05. The lowest BCUT2D eigenvalue weighted by molar-refractivity contribution is -0.133. The molecule has 0 bridgehead atoms. The first kappa shape index (κ1) is 12.8. The van der Waals surface area contributed by atoms with Crippen molar-refractivity contribution in [1.29, 1.82) is 0 Å². The van der Waals surface area contributed by atoms with E-state index in [1.807, 2.05) is 30.3 Å². The Bertz CT molecular complexity index is 590. The third kappa shape index (κ3) is 3.67. The Morgan fingerprint density at radius 3 is 2.42 bits per heavy atom. The second kappa shape index (κ2) is 5.82. The number of carboxylic acid groups (broad SMARTS) is 1. The maximum absolute atomic E-state index is 11.7. The molecule has 4 nitrogen and oxygen atoms in total. The van der Waals surface area contributed by atoms with E-state index < -0.39 is 11.9 Å². The van der Waals surface area contributed by atoms with Gasteiger partial charge in [0.2, 0.25) is 0 Å². The van der Waals surface area contributed by atoms with Crippen molar-refractivity contribution in [1.82, 2.24) is 0 Å². The molecule has 0 radical (unpaired) electrons. The Hall–Kier alpha value is -2.62. The van der Waals surface area contributed by atoms with Crippen molar-refractivity contribution in [3.8, 4) is 5.75 Å². The van der Waals surface area contributed by atoms with E-state index in [9.17, 15) is 9.59 Å². The van der Waals surface area contributed by atoms with Gasteiger partial charge in [0.15, 0.2) is 0 Å². The summed E-state index contributed by atoms with van der Waals surface area (Å²) in [6.45, 7) is 0. The Labute approximate surface area is 110 Å². The topological polar surface area (TPSA) is 63.6 Å². The van der Waals surface area contributed by atoms with Crippen LogP contribution in [0.5, 0.6) is 5.75 Å². The summed E-state index contributed by atoms with van der Waals surface area (Å²) in [6.07, 6.45) is 0.151. The predicted molar refractivity (Wildman–Crippen MR) is 69.2 cm³/mol. The summed E-state index contributed by atoms with van der Waals surface area (Å²) in [5.74, 6) is -1.24. The van der Waals surface area contributed by atoms with E-state index in [0.29, 0.717) is 0 Å². The highest BCUT2D eigenvalue weighted by molar-refractivity contribution is 5.88. The van der Waals surface area contributed by atoms with Crippen LogP contribution in [0.2, 0.25) is 0 Å². The van der Waals surface area contributed by atoms with Gasteiger partial charge < -0.3 is 9.84 Å². The highest BCUT2D eigenvalue weighted by Gasteiger charge is 2.08. The molecule has 2 aromatic carbocycles. The number of hydrogen-bond donors (Lipinski definition) is 1. The van der Waals surface area contributed by atoms with Crippen LogP contribution >= 0.6 is 0 Å². The van der Waals surface area contributed by atoms with Gasteiger partial charge in [0.05, 0.1) is 12.0 Å². The lowest BCUT2D eigenvalue weighted by Gasteiger charge is -2.05. The van der Waals surface area contributed by atoms with Crippen LogP contribution in [-0.2, 0) is 11.2 Å². The fraction of sp³-hybridized carbons (Fsp3) is 0.0667. The highest BCUT2D eigenvalue weighted by Crippen LogP contribution is 2.14. The van der Waals surface area contributed by atoms with Crippen molar-refractivity contribution >= 4 is 11.9 Å². The first-order chi connectivity index (χ1) is 9.15. The Kier molecular flexibility index (Phi) is 3.93. The van der Waals surface area contributed by atoms with Gasteiger partial charge >= 0.3 is 11.9 Å². The van der Waals surface area contributed by atoms with E-state index in [2.05, 4.69) is 0 Å². The minimum absolute atomic E-state index is 0.0880. The molecule has 0 aromatic heterocycles. The van der Waals surface area contributed by atoms with Gasteiger partial charge in [0.1, 0.15) is 5.75 Å². The number of esters is 1. The highest BCUT2D eigenvalue weighted by atomic mass is 16.5. The van der Waals surface area contributed by atoms with Crippen molar-refractivity contribution in [3.63, 3.8) is 0 Å². The Morgan fingerprint density at radius 2 is 1.74 bits per heavy atom. The van der Waals surface area contributed by atoms with Crippen molar-refractivity contribution < 1.29 is 19.4 Å². The van der Waals surface area contributed by atoms with Crippen LogP contribution in [0.3, 0.4) is 0 Å². The molecule has 96 valence electrons. The van der Waals surface area contributed by atoms with E-state index in [1.54, 1.807) is 6.07 Å². The Balaban J connectivity index is 2.03. The molecule has 0 aliphatic heterocycles. The average molecular weight is 256 g/mol. The number of ether oxygens (including phenoxy) is 1. The first-order valence-corrected chi connectivity index (χ1v) is 5.73. The fourth-order valence-corrected chi connectivity index (χ4v) is 1.62. The molecular formula is C15H12O4. The van der Waals surface area contributed by atoms with Gasteiger partial charge in [-0.1, -0.05) is 36.4 Å². The van der Waals surface area contributed by atoms with Gasteiger partial charge in [-0.25, -0.2) is 4.79 Å². The van der Waals surface area contributed by atoms with Crippen LogP contribution < -0.4 is 4.74 Å². The summed E-state index contributed by atoms with van der Waals surface area (Å²) in [4.78, 5) is 22.5. The van der Waals surface area contributed by atoms with Crippen LogP contribution in [-0.4, -0.2) is 17.0 Å². The smallest absolute Gasteiger partial charge is 0.335 e. The molecule has 0 amide bonds. The maximum Gasteiger partial charge on any atom is 0.335 e. The van der Waals surface area contributed by atoms with Gasteiger partial charge in [-0.05, 0) is 23.8 Å². The lowest BCUT2D eigenvalue weighted by Crippen LogP contribution is -2.11. The molecule has 2 rings (SSSR count). The van der Waals surface area contributed by atoms with Crippen molar-refractivity contribution in [2.24, 2.45) is 0 Å². The summed E-state index contributed by atoms with van der Waals surface area (Å²) < 4.78 is 5.11. The Morgan fingerprint density at radius 1 is 1.00 bits per heavy atom. The van der Waals surface area contributed by atoms with Gasteiger partial charge in [-0.2, -0.15) is 0 Å². The number of rotatable bonds is 4. The molecule has 0 saturated carbocycles. The van der Waals surface area contributed by atoms with Crippen molar-refractivity contribution in [3.05, 3.63) is 65.7 Å². The molecule has 19 heavy (non-hydrogen) atoms. The quantitative estimate of drug-likeness (QED) is 0.674. The third-order valence-electron chi connectivity index (χ3n) is 2.50. The molecule has 0 spiro atoms. The summed E-state index contributed by atoms with van der Waals surface area (Å²) in [6, 6.07) is 15.1. The zero-order valence-electron chi connectivity index (χ0n) is 10.1. The third-order valence-corrected chi connectivity index (χ3v) is 2.50. The molecule has 0 atom stereocenters. The number of carbonyl (C=O) groups is 2. The van der Waals surface area contributed by atoms with Gasteiger partial charge in [0, 0.05) is 0 Å². The molecule has 0 aliphatic rings. The largest absolute Gasteiger partial charge is 0.478 e. The minimum Gasteiger partial charge on any atom is -0.478 e. The van der Waals surface area contributed by atoms with Crippen LogP contribution in [0.4, 0.5) is 0 Å². The molecule has 0 saturated heterocycles. The number of carboxylic acids is 1. The van der Waals surface area contributed by atoms with E-state index in [-0.39, 0.29) is 17.7 Å². The van der Waals surface area contributed by atoms with E-state index in [1.165, 1.54) is 18.2 Å². The number of hydrogen-bond acceptors (Lipinski definition) is 3. The van der Waals surface area contributed by atoms with E-state index in [4.69, 9.17) is 9.84 Å². The average Bonchev–Trinajstić information content (AvgIpc) is 2.40. The fourth-order valence-electron chi connectivity index (χ4n) is 1.62. The summed E-state index contributed by atoms with van der Waals surface area (Å²) >= 11 is 0. The molecule has 0 unspecified atom stereocenters. The molecule has 1 N–H and O–H groups in total. The molecule has 2 aromatic rings. The number of aromatic carboxylic acids is 1. The van der Waals surface area contributed by atoms with E-state index in [0.717, 1.165) is 5.56 Å².